The van der Waals surface area contributed by atoms with E-state index in [2.05, 4.69) is 0 Å². The highest BCUT2D eigenvalue weighted by atomic mass is 32.2. The number of hydrogen-bond donors (Lipinski definition) is 3. The van der Waals surface area contributed by atoms with Crippen LogP contribution >= 0.6 is 0 Å². The van der Waals surface area contributed by atoms with E-state index in [1.165, 1.54) is 0 Å². The van der Waals surface area contributed by atoms with Gasteiger partial charge in [-0.3, -0.25) is 9.59 Å². The molecule has 1 aliphatic carbocycles. The van der Waals surface area contributed by atoms with Crippen molar-refractivity contribution < 1.29 is 28.2 Å². The first-order chi connectivity index (χ1) is 7.83. The van der Waals surface area contributed by atoms with Crippen LogP contribution in [0.3, 0.4) is 0 Å². The molecular formula is C9H15NO6S. The van der Waals surface area contributed by atoms with Gasteiger partial charge in [0.2, 0.25) is 10.0 Å². The lowest BCUT2D eigenvalue weighted by Crippen LogP contribution is -2.45. The number of aliphatic carboxylic acids is 2. The molecule has 0 spiro atoms. The number of nitrogens with one attached hydrogen (secondary N) is 1. The molecule has 1 fully saturated rings. The molecule has 1 saturated carbocycles. The summed E-state index contributed by atoms with van der Waals surface area (Å²) in [6.07, 6.45) is 1.81. The van der Waals surface area contributed by atoms with Gasteiger partial charge in [-0.1, -0.05) is 12.8 Å². The molecule has 98 valence electrons. The molecule has 0 aromatic rings. The lowest BCUT2D eigenvalue weighted by atomic mass is 10.2. The first-order valence-electron chi connectivity index (χ1n) is 5.28. The quantitative estimate of drug-likeness (QED) is 0.610. The van der Waals surface area contributed by atoms with E-state index in [0.717, 1.165) is 12.8 Å². The fourth-order valence-electron chi connectivity index (χ4n) is 1.85. The summed E-state index contributed by atoms with van der Waals surface area (Å²) in [4.78, 5) is 21.2. The smallest absolute Gasteiger partial charge is 0.322 e. The van der Waals surface area contributed by atoms with Crippen LogP contribution in [-0.4, -0.2) is 41.9 Å². The molecule has 1 unspecified atom stereocenters. The van der Waals surface area contributed by atoms with E-state index < -0.39 is 39.7 Å². The van der Waals surface area contributed by atoms with Gasteiger partial charge >= 0.3 is 11.9 Å². The molecule has 0 heterocycles. The molecule has 1 aliphatic rings. The van der Waals surface area contributed by atoms with E-state index >= 15 is 0 Å². The third-order valence-corrected chi connectivity index (χ3v) is 4.69. The molecule has 0 aliphatic heterocycles. The van der Waals surface area contributed by atoms with Crippen molar-refractivity contribution >= 4 is 22.0 Å². The van der Waals surface area contributed by atoms with Crippen LogP contribution in [0, 0.1) is 0 Å². The molecule has 0 saturated heterocycles. The second-order valence-corrected chi connectivity index (χ2v) is 6.05. The summed E-state index contributed by atoms with van der Waals surface area (Å²) in [5, 5.41) is 16.6. The van der Waals surface area contributed by atoms with Crippen molar-refractivity contribution in [3.63, 3.8) is 0 Å². The first-order valence-corrected chi connectivity index (χ1v) is 6.83. The fourth-order valence-corrected chi connectivity index (χ4v) is 3.57. The zero-order valence-electron chi connectivity index (χ0n) is 9.13. The molecule has 8 heteroatoms. The summed E-state index contributed by atoms with van der Waals surface area (Å²) in [6, 6.07) is -1.60. The van der Waals surface area contributed by atoms with Crippen LogP contribution in [0.4, 0.5) is 0 Å². The summed E-state index contributed by atoms with van der Waals surface area (Å²) in [5.41, 5.74) is 0. The highest BCUT2D eigenvalue weighted by molar-refractivity contribution is 7.90. The Morgan fingerprint density at radius 1 is 1.24 bits per heavy atom. The van der Waals surface area contributed by atoms with Crippen LogP contribution in [0.5, 0.6) is 0 Å². The van der Waals surface area contributed by atoms with Crippen molar-refractivity contribution in [2.24, 2.45) is 0 Å². The topological polar surface area (TPSA) is 121 Å². The normalized spacial score (nSPS) is 19.1. The molecule has 0 aromatic heterocycles. The SMILES string of the molecule is O=C(O)CC(NS(=O)(=O)C1CCCC1)C(=O)O. The Balaban J connectivity index is 2.71. The molecule has 0 amide bonds. The number of rotatable bonds is 6. The van der Waals surface area contributed by atoms with Crippen molar-refractivity contribution in [1.82, 2.24) is 4.72 Å². The van der Waals surface area contributed by atoms with Crippen LogP contribution in [0.25, 0.3) is 0 Å². The van der Waals surface area contributed by atoms with Gasteiger partial charge in [-0.05, 0) is 12.8 Å². The second kappa shape index (κ2) is 5.46. The minimum absolute atomic E-state index is 0.495. The van der Waals surface area contributed by atoms with Crippen LogP contribution in [-0.2, 0) is 19.6 Å². The fraction of sp³-hybridized carbons (Fsp3) is 0.778. The average molecular weight is 265 g/mol. The monoisotopic (exact) mass is 265 g/mol. The van der Waals surface area contributed by atoms with Crippen molar-refractivity contribution in [2.45, 2.75) is 43.4 Å². The standard InChI is InChI=1S/C9H15NO6S/c11-8(12)5-7(9(13)14)10-17(15,16)6-3-1-2-4-6/h6-7,10H,1-5H2,(H,11,12)(H,13,14). The minimum Gasteiger partial charge on any atom is -0.481 e. The van der Waals surface area contributed by atoms with Crippen LogP contribution in [0.1, 0.15) is 32.1 Å². The Kier molecular flexibility index (Phi) is 4.47. The Hall–Kier alpha value is -1.15. The molecule has 0 bridgehead atoms. The van der Waals surface area contributed by atoms with Gasteiger partial charge in [0, 0.05) is 0 Å². The van der Waals surface area contributed by atoms with Crippen molar-refractivity contribution in [3.05, 3.63) is 0 Å². The molecule has 3 N–H and O–H groups in total. The molecule has 0 aromatic carbocycles. The summed E-state index contributed by atoms with van der Waals surface area (Å²) >= 11 is 0. The molecule has 7 nitrogen and oxygen atoms in total. The maximum atomic E-state index is 11.8. The van der Waals surface area contributed by atoms with Crippen molar-refractivity contribution in [2.75, 3.05) is 0 Å². The number of sulfonamides is 1. The van der Waals surface area contributed by atoms with Gasteiger partial charge in [-0.25, -0.2) is 13.1 Å². The zero-order valence-corrected chi connectivity index (χ0v) is 9.94. The van der Waals surface area contributed by atoms with Gasteiger partial charge < -0.3 is 10.2 Å². The Bertz CT molecular complexity index is 398. The van der Waals surface area contributed by atoms with Crippen LogP contribution < -0.4 is 4.72 Å². The summed E-state index contributed by atoms with van der Waals surface area (Å²) < 4.78 is 25.5. The average Bonchev–Trinajstić information content (AvgIpc) is 2.68. The van der Waals surface area contributed by atoms with E-state index in [1.54, 1.807) is 0 Å². The summed E-state index contributed by atoms with van der Waals surface area (Å²) in [7, 11) is -3.74. The van der Waals surface area contributed by atoms with E-state index in [0.29, 0.717) is 12.8 Å². The van der Waals surface area contributed by atoms with Gasteiger partial charge in [-0.2, -0.15) is 0 Å². The summed E-state index contributed by atoms with van der Waals surface area (Å²) in [5.74, 6) is -2.83. The minimum atomic E-state index is -3.74. The Labute approximate surface area is 98.9 Å². The largest absolute Gasteiger partial charge is 0.481 e. The van der Waals surface area contributed by atoms with Gasteiger partial charge in [-0.15, -0.1) is 0 Å². The number of hydrogen-bond acceptors (Lipinski definition) is 4. The number of carboxylic acids is 2. The van der Waals surface area contributed by atoms with E-state index in [1.807, 2.05) is 4.72 Å². The van der Waals surface area contributed by atoms with Crippen molar-refractivity contribution in [1.29, 1.82) is 0 Å². The maximum absolute atomic E-state index is 11.8. The van der Waals surface area contributed by atoms with Crippen molar-refractivity contribution in [3.8, 4) is 0 Å². The molecule has 17 heavy (non-hydrogen) atoms. The second-order valence-electron chi connectivity index (χ2n) is 4.06. The number of carboxylic acid groups (broad SMARTS) is 2. The van der Waals surface area contributed by atoms with Gasteiger partial charge in [0.05, 0.1) is 11.7 Å². The first kappa shape index (κ1) is 13.9. The number of carbonyl (C=O) groups is 2. The molecule has 1 rings (SSSR count). The third kappa shape index (κ3) is 3.97. The highest BCUT2D eigenvalue weighted by Crippen LogP contribution is 2.24. The van der Waals surface area contributed by atoms with Gasteiger partial charge in [0.15, 0.2) is 0 Å². The van der Waals surface area contributed by atoms with E-state index in [-0.39, 0.29) is 0 Å². The van der Waals surface area contributed by atoms with Crippen LogP contribution in [0.15, 0.2) is 0 Å². The Morgan fingerprint density at radius 2 is 1.76 bits per heavy atom. The molecular weight excluding hydrogens is 250 g/mol. The zero-order chi connectivity index (χ0) is 13.1. The predicted molar refractivity (Wildman–Crippen MR) is 58.0 cm³/mol. The Morgan fingerprint density at radius 3 is 2.18 bits per heavy atom. The van der Waals surface area contributed by atoms with E-state index in [9.17, 15) is 18.0 Å². The van der Waals surface area contributed by atoms with Gasteiger partial charge in [0.1, 0.15) is 6.04 Å². The molecule has 1 atom stereocenters. The lowest BCUT2D eigenvalue weighted by molar-refractivity contribution is -0.145. The van der Waals surface area contributed by atoms with Crippen LogP contribution in [0.2, 0.25) is 0 Å². The maximum Gasteiger partial charge on any atom is 0.322 e. The summed E-state index contributed by atoms with van der Waals surface area (Å²) in [6.45, 7) is 0. The predicted octanol–water partition coefficient (Wildman–Crippen LogP) is -0.224. The van der Waals surface area contributed by atoms with E-state index in [4.69, 9.17) is 10.2 Å². The lowest BCUT2D eigenvalue weighted by Gasteiger charge is -2.16. The highest BCUT2D eigenvalue weighted by Gasteiger charge is 2.33. The van der Waals surface area contributed by atoms with Gasteiger partial charge in [0.25, 0.3) is 0 Å². The third-order valence-electron chi connectivity index (χ3n) is 2.72. The molecule has 0 radical (unpaired) electrons.